The van der Waals surface area contributed by atoms with E-state index >= 15 is 0 Å². The van der Waals surface area contributed by atoms with Gasteiger partial charge in [0, 0.05) is 31.8 Å². The van der Waals surface area contributed by atoms with Crippen LogP contribution in [-0.4, -0.2) is 48.8 Å². The molecule has 1 fully saturated rings. The summed E-state index contributed by atoms with van der Waals surface area (Å²) < 4.78 is 5.72. The summed E-state index contributed by atoms with van der Waals surface area (Å²) in [5, 5.41) is 0. The van der Waals surface area contributed by atoms with Crippen molar-refractivity contribution in [1.82, 2.24) is 4.90 Å². The number of rotatable bonds is 8. The van der Waals surface area contributed by atoms with Crippen molar-refractivity contribution in [1.29, 1.82) is 0 Å². The second kappa shape index (κ2) is 11.9. The number of piperidine rings is 1. The monoisotopic (exact) mass is 299 g/mol. The van der Waals surface area contributed by atoms with Crippen LogP contribution in [0.1, 0.15) is 60.3 Å². The largest absolute Gasteiger partial charge is 0.378 e. The van der Waals surface area contributed by atoms with Crippen molar-refractivity contribution in [3.05, 3.63) is 0 Å². The van der Waals surface area contributed by atoms with Crippen LogP contribution in [-0.2, 0) is 14.3 Å². The smallest absolute Gasteiger partial charge is 0.149 e. The van der Waals surface area contributed by atoms with E-state index in [9.17, 15) is 9.59 Å². The molecule has 0 aromatic carbocycles. The molecule has 1 saturated heterocycles. The first-order valence-electron chi connectivity index (χ1n) is 8.41. The van der Waals surface area contributed by atoms with Crippen LogP contribution in [0.25, 0.3) is 0 Å². The Hall–Kier alpha value is -0.740. The third kappa shape index (κ3) is 8.99. The van der Waals surface area contributed by atoms with Crippen molar-refractivity contribution in [2.75, 3.05) is 26.2 Å². The van der Waals surface area contributed by atoms with Crippen LogP contribution in [0.3, 0.4) is 0 Å². The van der Waals surface area contributed by atoms with Crippen molar-refractivity contribution in [3.63, 3.8) is 0 Å². The molecule has 4 heteroatoms. The zero-order valence-electron chi connectivity index (χ0n) is 14.5. The first kappa shape index (κ1) is 20.3. The first-order chi connectivity index (χ1) is 10.0. The molecule has 1 heterocycles. The van der Waals surface area contributed by atoms with Crippen LogP contribution >= 0.6 is 0 Å². The molecule has 1 aliphatic heterocycles. The summed E-state index contributed by atoms with van der Waals surface area (Å²) in [7, 11) is 0. The third-order valence-electron chi connectivity index (χ3n) is 3.69. The van der Waals surface area contributed by atoms with Gasteiger partial charge in [-0.1, -0.05) is 34.6 Å². The Kier molecular flexibility index (Phi) is 11.5. The predicted octanol–water partition coefficient (Wildman–Crippen LogP) is 3.09. The van der Waals surface area contributed by atoms with Crippen LogP contribution in [0.5, 0.6) is 0 Å². The van der Waals surface area contributed by atoms with Crippen LogP contribution in [0.2, 0.25) is 0 Å². The van der Waals surface area contributed by atoms with Gasteiger partial charge in [0.25, 0.3) is 0 Å². The van der Waals surface area contributed by atoms with Crippen LogP contribution in [0.15, 0.2) is 0 Å². The number of hydrogen-bond acceptors (Lipinski definition) is 4. The van der Waals surface area contributed by atoms with Gasteiger partial charge < -0.3 is 4.74 Å². The lowest BCUT2D eigenvalue weighted by molar-refractivity contribution is -0.124. The van der Waals surface area contributed by atoms with E-state index in [-0.39, 0.29) is 17.8 Å². The molecule has 124 valence electrons. The second-order valence-electron chi connectivity index (χ2n) is 5.61. The summed E-state index contributed by atoms with van der Waals surface area (Å²) >= 11 is 0. The highest BCUT2D eigenvalue weighted by Crippen LogP contribution is 2.14. The van der Waals surface area contributed by atoms with Gasteiger partial charge in [0.2, 0.25) is 0 Å². The van der Waals surface area contributed by atoms with E-state index in [0.717, 1.165) is 25.9 Å². The Bertz CT molecular complexity index is 294. The lowest BCUT2D eigenvalue weighted by Crippen LogP contribution is -2.40. The van der Waals surface area contributed by atoms with Gasteiger partial charge in [-0.2, -0.15) is 0 Å². The fourth-order valence-corrected chi connectivity index (χ4v) is 2.15. The van der Waals surface area contributed by atoms with Gasteiger partial charge >= 0.3 is 0 Å². The molecule has 0 unspecified atom stereocenters. The minimum absolute atomic E-state index is 0.119. The molecule has 0 aliphatic carbocycles. The molecule has 0 amide bonds. The van der Waals surface area contributed by atoms with Gasteiger partial charge in [-0.3, -0.25) is 14.5 Å². The maximum atomic E-state index is 11.7. The van der Waals surface area contributed by atoms with Crippen molar-refractivity contribution in [2.45, 2.75) is 66.4 Å². The van der Waals surface area contributed by atoms with Gasteiger partial charge in [0.05, 0.1) is 19.3 Å². The Morgan fingerprint density at radius 3 is 2.24 bits per heavy atom. The SMILES string of the molecule is CC.CCC(=O)CCOC1CCN(CC(=O)C(C)C)CC1. The molecule has 0 atom stereocenters. The lowest BCUT2D eigenvalue weighted by Gasteiger charge is -2.31. The third-order valence-corrected chi connectivity index (χ3v) is 3.69. The molecule has 0 N–H and O–H groups in total. The number of carbonyl (C=O) groups excluding carboxylic acids is 2. The fourth-order valence-electron chi connectivity index (χ4n) is 2.15. The number of ketones is 2. The average Bonchev–Trinajstić information content (AvgIpc) is 2.50. The fraction of sp³-hybridized carbons (Fsp3) is 0.882. The second-order valence-corrected chi connectivity index (χ2v) is 5.61. The van der Waals surface area contributed by atoms with E-state index in [0.29, 0.717) is 31.8 Å². The molecule has 0 spiro atoms. The number of ether oxygens (including phenoxy) is 1. The van der Waals surface area contributed by atoms with Crippen molar-refractivity contribution < 1.29 is 14.3 Å². The average molecular weight is 299 g/mol. The van der Waals surface area contributed by atoms with Gasteiger partial charge in [-0.05, 0) is 12.8 Å². The summed E-state index contributed by atoms with van der Waals surface area (Å²) in [6.45, 7) is 12.7. The quantitative estimate of drug-likeness (QED) is 0.691. The highest BCUT2D eigenvalue weighted by Gasteiger charge is 2.22. The molecular formula is C17H33NO3. The number of carbonyl (C=O) groups is 2. The molecule has 1 rings (SSSR count). The van der Waals surface area contributed by atoms with E-state index in [1.165, 1.54) is 0 Å². The van der Waals surface area contributed by atoms with Gasteiger partial charge in [0.15, 0.2) is 0 Å². The summed E-state index contributed by atoms with van der Waals surface area (Å²) in [5.74, 6) is 0.696. The van der Waals surface area contributed by atoms with Gasteiger partial charge in [-0.25, -0.2) is 0 Å². The molecule has 1 aliphatic rings. The maximum Gasteiger partial charge on any atom is 0.149 e. The maximum absolute atomic E-state index is 11.7. The molecule has 0 radical (unpaired) electrons. The number of hydrogen-bond donors (Lipinski definition) is 0. The molecule has 4 nitrogen and oxygen atoms in total. The zero-order valence-corrected chi connectivity index (χ0v) is 14.5. The minimum atomic E-state index is 0.119. The van der Waals surface area contributed by atoms with E-state index in [2.05, 4.69) is 4.90 Å². The highest BCUT2D eigenvalue weighted by molar-refractivity contribution is 5.82. The van der Waals surface area contributed by atoms with E-state index < -0.39 is 0 Å². The summed E-state index contributed by atoms with van der Waals surface area (Å²) in [4.78, 5) is 25.0. The Morgan fingerprint density at radius 1 is 1.19 bits per heavy atom. The summed E-state index contributed by atoms with van der Waals surface area (Å²) in [5.41, 5.74) is 0. The predicted molar refractivity (Wildman–Crippen MR) is 86.5 cm³/mol. The number of Topliss-reactive ketones (excluding diaryl/α,β-unsaturated/α-hetero) is 2. The minimum Gasteiger partial charge on any atom is -0.378 e. The number of nitrogens with zero attached hydrogens (tertiary/aromatic N) is 1. The van der Waals surface area contributed by atoms with E-state index in [1.807, 2.05) is 34.6 Å². The van der Waals surface area contributed by atoms with Gasteiger partial charge in [-0.15, -0.1) is 0 Å². The molecule has 0 saturated carbocycles. The van der Waals surface area contributed by atoms with Crippen LogP contribution in [0.4, 0.5) is 0 Å². The Labute approximate surface area is 130 Å². The molecule has 0 aromatic heterocycles. The molecule has 0 aromatic rings. The van der Waals surface area contributed by atoms with Crippen molar-refractivity contribution >= 4 is 11.6 Å². The normalized spacial score (nSPS) is 16.5. The van der Waals surface area contributed by atoms with Gasteiger partial charge in [0.1, 0.15) is 11.6 Å². The molecule has 0 bridgehead atoms. The summed E-state index contributed by atoms with van der Waals surface area (Å²) in [6, 6.07) is 0. The molecule has 21 heavy (non-hydrogen) atoms. The van der Waals surface area contributed by atoms with Crippen molar-refractivity contribution in [3.8, 4) is 0 Å². The lowest BCUT2D eigenvalue weighted by atomic mass is 10.0. The molecular weight excluding hydrogens is 266 g/mol. The first-order valence-corrected chi connectivity index (χ1v) is 8.41. The zero-order chi connectivity index (χ0) is 16.3. The Balaban J connectivity index is 0.00000191. The van der Waals surface area contributed by atoms with Crippen LogP contribution in [0, 0.1) is 5.92 Å². The standard InChI is InChI=1S/C15H27NO3.C2H6/c1-4-13(17)7-10-19-14-5-8-16(9-6-14)11-15(18)12(2)3;1-2/h12,14H,4-11H2,1-3H3;1-2H3. The van der Waals surface area contributed by atoms with Crippen molar-refractivity contribution in [2.24, 2.45) is 5.92 Å². The van der Waals surface area contributed by atoms with Crippen LogP contribution < -0.4 is 0 Å². The number of likely N-dealkylation sites (tertiary alicyclic amines) is 1. The topological polar surface area (TPSA) is 46.6 Å². The highest BCUT2D eigenvalue weighted by atomic mass is 16.5. The van der Waals surface area contributed by atoms with E-state index in [1.54, 1.807) is 0 Å². The van der Waals surface area contributed by atoms with E-state index in [4.69, 9.17) is 4.74 Å². The Morgan fingerprint density at radius 2 is 1.76 bits per heavy atom. The summed E-state index contributed by atoms with van der Waals surface area (Å²) in [6.07, 6.45) is 3.31.